The Kier molecular flexibility index (Phi) is 7.51. The van der Waals surface area contributed by atoms with Gasteiger partial charge in [0.2, 0.25) is 0 Å². The van der Waals surface area contributed by atoms with Gasteiger partial charge in [0.05, 0.1) is 5.52 Å². The highest BCUT2D eigenvalue weighted by molar-refractivity contribution is 9.10. The van der Waals surface area contributed by atoms with E-state index in [0.717, 1.165) is 45.5 Å². The number of benzene rings is 3. The van der Waals surface area contributed by atoms with E-state index in [1.54, 1.807) is 12.4 Å². The molecule has 6 nitrogen and oxygen atoms in total. The zero-order chi connectivity index (χ0) is 25.6. The Morgan fingerprint density at radius 3 is 2.51 bits per heavy atom. The number of carbonyl (C=O) groups is 1. The number of anilines is 2. The third-order valence-corrected chi connectivity index (χ3v) is 6.46. The average Bonchev–Trinajstić information content (AvgIpc) is 2.93. The zero-order valence-corrected chi connectivity index (χ0v) is 22.0. The summed E-state index contributed by atoms with van der Waals surface area (Å²) < 4.78 is 0.651. The molecule has 1 N–H and O–H groups in total. The van der Waals surface area contributed by atoms with Crippen molar-refractivity contribution in [3.63, 3.8) is 0 Å². The Balaban J connectivity index is 1.43. The van der Waals surface area contributed by atoms with E-state index in [1.165, 1.54) is 0 Å². The summed E-state index contributed by atoms with van der Waals surface area (Å²) in [5.41, 5.74) is 5.46. The van der Waals surface area contributed by atoms with Crippen LogP contribution in [-0.4, -0.2) is 32.3 Å². The quantitative estimate of drug-likeness (QED) is 0.205. The molecule has 7 heteroatoms. The van der Waals surface area contributed by atoms with E-state index in [0.29, 0.717) is 23.4 Å². The Bertz CT molecular complexity index is 1540. The second kappa shape index (κ2) is 11.3. The van der Waals surface area contributed by atoms with Crippen molar-refractivity contribution < 1.29 is 4.79 Å². The number of para-hydroxylation sites is 1. The van der Waals surface area contributed by atoms with Crippen molar-refractivity contribution in [2.24, 2.45) is 0 Å². The van der Waals surface area contributed by atoms with Crippen LogP contribution in [0, 0.1) is 0 Å². The first-order valence-electron chi connectivity index (χ1n) is 12.2. The number of halogens is 1. The number of pyridine rings is 1. The van der Waals surface area contributed by atoms with Gasteiger partial charge in [0.15, 0.2) is 0 Å². The summed E-state index contributed by atoms with van der Waals surface area (Å²) in [6, 6.07) is 29.9. The third kappa shape index (κ3) is 5.84. The van der Waals surface area contributed by atoms with Crippen LogP contribution >= 0.6 is 15.9 Å². The van der Waals surface area contributed by atoms with Crippen LogP contribution in [0.4, 0.5) is 11.5 Å². The third-order valence-electron chi connectivity index (χ3n) is 6.02. The van der Waals surface area contributed by atoms with Crippen molar-refractivity contribution in [3.05, 3.63) is 113 Å². The maximum atomic E-state index is 13.2. The van der Waals surface area contributed by atoms with Gasteiger partial charge in [-0.05, 0) is 81.5 Å². The van der Waals surface area contributed by atoms with Gasteiger partial charge in [-0.1, -0.05) is 55.5 Å². The smallest absolute Gasteiger partial charge is 0.272 e. The van der Waals surface area contributed by atoms with Gasteiger partial charge in [-0.2, -0.15) is 0 Å². The molecule has 2 aromatic heterocycles. The molecule has 37 heavy (non-hydrogen) atoms. The number of hydrogen-bond donors (Lipinski definition) is 1. The lowest BCUT2D eigenvalue weighted by Gasteiger charge is -2.22. The van der Waals surface area contributed by atoms with E-state index >= 15 is 0 Å². The summed E-state index contributed by atoms with van der Waals surface area (Å²) in [6.45, 7) is 3.23. The Morgan fingerprint density at radius 2 is 1.70 bits per heavy atom. The van der Waals surface area contributed by atoms with E-state index in [1.807, 2.05) is 59.5 Å². The molecular weight excluding hydrogens is 526 g/mol. The molecule has 5 rings (SSSR count). The Morgan fingerprint density at radius 1 is 0.892 bits per heavy atom. The normalized spacial score (nSPS) is 10.9. The average molecular weight is 552 g/mol. The maximum Gasteiger partial charge on any atom is 0.272 e. The van der Waals surface area contributed by atoms with Crippen molar-refractivity contribution in [1.29, 1.82) is 0 Å². The summed E-state index contributed by atoms with van der Waals surface area (Å²) in [7, 11) is 0. The van der Waals surface area contributed by atoms with Gasteiger partial charge >= 0.3 is 0 Å². The van der Waals surface area contributed by atoms with E-state index in [4.69, 9.17) is 0 Å². The lowest BCUT2D eigenvalue weighted by atomic mass is 10.0. The minimum atomic E-state index is -0.0759. The largest absolute Gasteiger partial charge is 0.340 e. The highest BCUT2D eigenvalue weighted by atomic mass is 79.9. The molecule has 0 saturated carbocycles. The fourth-order valence-electron chi connectivity index (χ4n) is 4.28. The van der Waals surface area contributed by atoms with Crippen LogP contribution in [0.3, 0.4) is 0 Å². The van der Waals surface area contributed by atoms with Crippen molar-refractivity contribution in [1.82, 2.24) is 19.9 Å². The lowest BCUT2D eigenvalue weighted by Crippen LogP contribution is -2.32. The fraction of sp³-hybridized carbons (Fsp3) is 0.133. The molecule has 3 aromatic carbocycles. The zero-order valence-electron chi connectivity index (χ0n) is 20.4. The highest BCUT2D eigenvalue weighted by Crippen LogP contribution is 2.29. The summed E-state index contributed by atoms with van der Waals surface area (Å²) >= 11 is 3.37. The molecule has 0 aliphatic rings. The first-order valence-corrected chi connectivity index (χ1v) is 13.0. The number of nitrogens with zero attached hydrogens (tertiary/aromatic N) is 4. The van der Waals surface area contributed by atoms with Crippen molar-refractivity contribution in [2.45, 2.75) is 19.9 Å². The maximum absolute atomic E-state index is 13.2. The van der Waals surface area contributed by atoms with Gasteiger partial charge in [0, 0.05) is 24.2 Å². The molecule has 2 heterocycles. The van der Waals surface area contributed by atoms with Crippen LogP contribution in [0.2, 0.25) is 0 Å². The van der Waals surface area contributed by atoms with Crippen molar-refractivity contribution >= 4 is 44.2 Å². The van der Waals surface area contributed by atoms with E-state index in [-0.39, 0.29) is 5.91 Å². The highest BCUT2D eigenvalue weighted by Gasteiger charge is 2.17. The molecule has 0 spiro atoms. The van der Waals surface area contributed by atoms with Gasteiger partial charge in [0.1, 0.15) is 22.4 Å². The van der Waals surface area contributed by atoms with Crippen molar-refractivity contribution in [3.8, 4) is 11.1 Å². The van der Waals surface area contributed by atoms with Crippen LogP contribution < -0.4 is 5.32 Å². The van der Waals surface area contributed by atoms with Gasteiger partial charge in [0.25, 0.3) is 5.91 Å². The minimum Gasteiger partial charge on any atom is -0.340 e. The molecule has 0 atom stereocenters. The first-order chi connectivity index (χ1) is 18.1. The van der Waals surface area contributed by atoms with Crippen LogP contribution in [0.1, 0.15) is 29.4 Å². The van der Waals surface area contributed by atoms with Gasteiger partial charge in [-0.25, -0.2) is 15.0 Å². The van der Waals surface area contributed by atoms with Crippen LogP contribution in [0.5, 0.6) is 0 Å². The second-order valence-electron chi connectivity index (χ2n) is 8.72. The molecule has 0 aliphatic heterocycles. The van der Waals surface area contributed by atoms with Crippen LogP contribution in [0.25, 0.3) is 22.0 Å². The van der Waals surface area contributed by atoms with Crippen molar-refractivity contribution in [2.75, 3.05) is 11.9 Å². The first kappa shape index (κ1) is 24.6. The summed E-state index contributed by atoms with van der Waals surface area (Å²) in [4.78, 5) is 28.3. The second-order valence-corrected chi connectivity index (χ2v) is 9.53. The fourth-order valence-corrected chi connectivity index (χ4v) is 4.62. The van der Waals surface area contributed by atoms with Crippen LogP contribution in [0.15, 0.2) is 102 Å². The van der Waals surface area contributed by atoms with E-state index in [2.05, 4.69) is 73.5 Å². The number of aromatic nitrogens is 3. The SMILES string of the molecule is CCCN(Cc1cccc(-c2ccc3ncnc(Nc4ccccc4)c3c2)c1)C(=O)c1cccc(Br)n1. The summed E-state index contributed by atoms with van der Waals surface area (Å²) in [5.74, 6) is 0.684. The molecule has 184 valence electrons. The Hall–Kier alpha value is -4.10. The molecule has 0 saturated heterocycles. The lowest BCUT2D eigenvalue weighted by molar-refractivity contribution is 0.0737. The number of hydrogen-bond acceptors (Lipinski definition) is 5. The summed E-state index contributed by atoms with van der Waals surface area (Å²) in [6.07, 6.45) is 2.44. The monoisotopic (exact) mass is 551 g/mol. The predicted molar refractivity (Wildman–Crippen MR) is 152 cm³/mol. The molecule has 0 radical (unpaired) electrons. The molecular formula is C30H26BrN5O. The number of amides is 1. The molecule has 0 aliphatic carbocycles. The Labute approximate surface area is 224 Å². The number of fused-ring (bicyclic) bond motifs is 1. The molecule has 5 aromatic rings. The molecule has 0 bridgehead atoms. The topological polar surface area (TPSA) is 71.0 Å². The number of carbonyl (C=O) groups excluding carboxylic acids is 1. The number of nitrogens with one attached hydrogen (secondary N) is 1. The van der Waals surface area contributed by atoms with E-state index in [9.17, 15) is 4.79 Å². The standard InChI is InChI=1S/C30H26BrN5O/c1-2-16-36(30(37)27-12-7-13-28(31)35-27)19-21-8-6-9-22(17-21)23-14-15-26-25(18-23)29(33-20-32-26)34-24-10-4-3-5-11-24/h3-15,17-18,20H,2,16,19H2,1H3,(H,32,33,34). The molecule has 0 unspecified atom stereocenters. The van der Waals surface area contributed by atoms with Gasteiger partial charge in [-0.15, -0.1) is 0 Å². The van der Waals surface area contributed by atoms with E-state index < -0.39 is 0 Å². The van der Waals surface area contributed by atoms with Crippen LogP contribution in [-0.2, 0) is 6.54 Å². The number of rotatable bonds is 8. The molecule has 0 fully saturated rings. The predicted octanol–water partition coefficient (Wildman–Crippen LogP) is 7.25. The van der Waals surface area contributed by atoms with Gasteiger partial charge in [-0.3, -0.25) is 4.79 Å². The van der Waals surface area contributed by atoms with Gasteiger partial charge < -0.3 is 10.2 Å². The minimum absolute atomic E-state index is 0.0759. The molecule has 1 amide bonds. The summed E-state index contributed by atoms with van der Waals surface area (Å²) in [5, 5.41) is 4.35.